The number of hydrogen-bond donors (Lipinski definition) is 1. The van der Waals surface area contributed by atoms with Crippen LogP contribution in [0.1, 0.15) is 26.7 Å². The van der Waals surface area contributed by atoms with Crippen molar-refractivity contribution < 1.29 is 8.91 Å². The zero-order valence-corrected chi connectivity index (χ0v) is 13.5. The Kier molecular flexibility index (Phi) is 3.13. The van der Waals surface area contributed by atoms with Crippen LogP contribution in [0.25, 0.3) is 11.0 Å². The van der Waals surface area contributed by atoms with Crippen molar-refractivity contribution >= 4 is 28.4 Å². The maximum Gasteiger partial charge on any atom is 0.206 e. The molecule has 0 amide bonds. The summed E-state index contributed by atoms with van der Waals surface area (Å²) in [6.07, 6.45) is 2.38. The summed E-state index contributed by atoms with van der Waals surface area (Å²) >= 11 is 5.80. The molecule has 1 aromatic heterocycles. The predicted octanol–water partition coefficient (Wildman–Crippen LogP) is 3.91. The molecule has 0 aliphatic carbocycles. The van der Waals surface area contributed by atoms with Crippen molar-refractivity contribution in [1.82, 2.24) is 10.1 Å². The fourth-order valence-corrected chi connectivity index (χ4v) is 4.23. The highest BCUT2D eigenvalue weighted by molar-refractivity contribution is 6.31. The molecule has 4 nitrogen and oxygen atoms in total. The molecule has 3 fully saturated rings. The molecule has 1 atom stereocenters. The maximum atomic E-state index is 14.0. The smallest absolute Gasteiger partial charge is 0.206 e. The van der Waals surface area contributed by atoms with Gasteiger partial charge in [0.25, 0.3) is 0 Å². The Morgan fingerprint density at radius 3 is 2.77 bits per heavy atom. The summed E-state index contributed by atoms with van der Waals surface area (Å²) in [7, 11) is 0. The zero-order chi connectivity index (χ0) is 15.5. The van der Waals surface area contributed by atoms with E-state index in [9.17, 15) is 4.39 Å². The van der Waals surface area contributed by atoms with Crippen LogP contribution in [0.15, 0.2) is 16.7 Å². The summed E-state index contributed by atoms with van der Waals surface area (Å²) in [5.41, 5.74) is 0.173. The number of benzene rings is 1. The van der Waals surface area contributed by atoms with E-state index in [1.165, 1.54) is 12.8 Å². The minimum absolute atomic E-state index is 0.0530. The third kappa shape index (κ3) is 1.95. The Hall–Kier alpha value is -1.33. The first-order valence-corrected chi connectivity index (χ1v) is 8.11. The van der Waals surface area contributed by atoms with E-state index < -0.39 is 5.82 Å². The molecule has 2 bridgehead atoms. The lowest BCUT2D eigenvalue weighted by Crippen LogP contribution is -2.66. The number of hydrogen-bond acceptors (Lipinski definition) is 4. The van der Waals surface area contributed by atoms with E-state index in [0.29, 0.717) is 17.1 Å². The van der Waals surface area contributed by atoms with Crippen molar-refractivity contribution in [2.75, 3.05) is 18.4 Å². The number of anilines is 1. The van der Waals surface area contributed by atoms with Gasteiger partial charge in [0, 0.05) is 11.6 Å². The van der Waals surface area contributed by atoms with Crippen molar-refractivity contribution in [3.8, 4) is 0 Å². The number of nitrogens with one attached hydrogen (secondary N) is 1. The van der Waals surface area contributed by atoms with E-state index in [1.807, 2.05) is 0 Å². The van der Waals surface area contributed by atoms with E-state index in [-0.39, 0.29) is 22.2 Å². The van der Waals surface area contributed by atoms with Gasteiger partial charge in [0.05, 0.1) is 10.4 Å². The third-order valence-electron chi connectivity index (χ3n) is 5.41. The maximum absolute atomic E-state index is 14.0. The number of nitrogens with zero attached hydrogens (tertiary/aromatic N) is 2. The van der Waals surface area contributed by atoms with Crippen LogP contribution in [0.4, 0.5) is 10.2 Å². The Morgan fingerprint density at radius 1 is 1.36 bits per heavy atom. The van der Waals surface area contributed by atoms with Crippen molar-refractivity contribution in [3.05, 3.63) is 23.0 Å². The molecular formula is C16H19ClFN3O. The molecule has 4 heterocycles. The predicted molar refractivity (Wildman–Crippen MR) is 84.8 cm³/mol. The highest BCUT2D eigenvalue weighted by atomic mass is 35.5. The van der Waals surface area contributed by atoms with Crippen LogP contribution in [0, 0.1) is 11.7 Å². The van der Waals surface area contributed by atoms with Crippen LogP contribution in [-0.4, -0.2) is 34.7 Å². The fraction of sp³-hybridized carbons (Fsp3) is 0.562. The SMILES string of the molecule is CC1(C)C(Nc2noc3c(F)c(Cl)ccc23)C2CCN1CC2. The first kappa shape index (κ1) is 14.3. The van der Waals surface area contributed by atoms with Gasteiger partial charge in [-0.05, 0) is 57.8 Å². The molecule has 1 unspecified atom stereocenters. The monoisotopic (exact) mass is 323 g/mol. The van der Waals surface area contributed by atoms with Gasteiger partial charge in [-0.2, -0.15) is 0 Å². The van der Waals surface area contributed by atoms with Gasteiger partial charge in [-0.25, -0.2) is 4.39 Å². The summed E-state index contributed by atoms with van der Waals surface area (Å²) in [4.78, 5) is 2.52. The second-order valence-electron chi connectivity index (χ2n) is 6.87. The van der Waals surface area contributed by atoms with Crippen LogP contribution >= 0.6 is 11.6 Å². The number of halogens is 2. The number of fused-ring (bicyclic) bond motifs is 4. The summed E-state index contributed by atoms with van der Waals surface area (Å²) in [6, 6.07) is 3.58. The van der Waals surface area contributed by atoms with Gasteiger partial charge in [0.1, 0.15) is 0 Å². The molecule has 1 aromatic carbocycles. The summed E-state index contributed by atoms with van der Waals surface area (Å²) in [5, 5.41) is 8.25. The summed E-state index contributed by atoms with van der Waals surface area (Å²) in [5.74, 6) is 0.675. The summed E-state index contributed by atoms with van der Waals surface area (Å²) in [6.45, 7) is 6.82. The van der Waals surface area contributed by atoms with E-state index in [0.717, 1.165) is 13.1 Å². The molecular weight excluding hydrogens is 305 g/mol. The molecule has 22 heavy (non-hydrogen) atoms. The van der Waals surface area contributed by atoms with E-state index >= 15 is 0 Å². The first-order valence-electron chi connectivity index (χ1n) is 7.73. The van der Waals surface area contributed by atoms with Crippen LogP contribution in [-0.2, 0) is 0 Å². The lowest BCUT2D eigenvalue weighted by Gasteiger charge is -2.56. The van der Waals surface area contributed by atoms with Crippen LogP contribution in [0.3, 0.4) is 0 Å². The van der Waals surface area contributed by atoms with Gasteiger partial charge in [0.15, 0.2) is 11.6 Å². The van der Waals surface area contributed by atoms with E-state index in [2.05, 4.69) is 29.2 Å². The average Bonchev–Trinajstić information content (AvgIpc) is 2.91. The van der Waals surface area contributed by atoms with Crippen molar-refractivity contribution in [2.45, 2.75) is 38.3 Å². The molecule has 3 aliphatic heterocycles. The molecule has 3 saturated heterocycles. The molecule has 3 aliphatic rings. The standard InChI is InChI=1S/C16H19ClFN3O/c1-16(2)14(9-5-7-21(16)8-6-9)19-15-10-3-4-11(17)12(18)13(10)22-20-15/h3-4,9,14H,5-8H2,1-2H3,(H,19,20). The minimum Gasteiger partial charge on any atom is -0.362 e. The number of aromatic nitrogens is 1. The molecule has 2 aromatic rings. The lowest BCUT2D eigenvalue weighted by atomic mass is 9.72. The van der Waals surface area contributed by atoms with Crippen molar-refractivity contribution in [3.63, 3.8) is 0 Å². The summed E-state index contributed by atoms with van der Waals surface area (Å²) < 4.78 is 19.2. The van der Waals surface area contributed by atoms with Gasteiger partial charge in [-0.15, -0.1) is 0 Å². The normalized spacial score (nSPS) is 29.9. The van der Waals surface area contributed by atoms with Gasteiger partial charge in [-0.3, -0.25) is 4.90 Å². The second kappa shape index (κ2) is 4.83. The van der Waals surface area contributed by atoms with E-state index in [1.54, 1.807) is 12.1 Å². The quantitative estimate of drug-likeness (QED) is 0.910. The second-order valence-corrected chi connectivity index (χ2v) is 7.28. The largest absolute Gasteiger partial charge is 0.362 e. The Balaban J connectivity index is 1.70. The Bertz CT molecular complexity index is 721. The van der Waals surface area contributed by atoms with Crippen molar-refractivity contribution in [2.24, 2.45) is 5.92 Å². The fourth-order valence-electron chi connectivity index (χ4n) is 4.08. The third-order valence-corrected chi connectivity index (χ3v) is 5.70. The molecule has 0 saturated carbocycles. The number of piperidine rings is 3. The average molecular weight is 324 g/mol. The van der Waals surface area contributed by atoms with Crippen LogP contribution in [0.2, 0.25) is 5.02 Å². The topological polar surface area (TPSA) is 41.3 Å². The molecule has 5 rings (SSSR count). The molecule has 1 N–H and O–H groups in total. The van der Waals surface area contributed by atoms with Crippen LogP contribution in [0.5, 0.6) is 0 Å². The molecule has 0 spiro atoms. The van der Waals surface area contributed by atoms with Gasteiger partial charge in [0.2, 0.25) is 5.58 Å². The Morgan fingerprint density at radius 2 is 2.09 bits per heavy atom. The first-order chi connectivity index (χ1) is 10.5. The van der Waals surface area contributed by atoms with Crippen molar-refractivity contribution in [1.29, 1.82) is 0 Å². The van der Waals surface area contributed by atoms with Gasteiger partial charge in [-0.1, -0.05) is 16.8 Å². The molecule has 0 radical (unpaired) electrons. The lowest BCUT2D eigenvalue weighted by molar-refractivity contribution is -0.0189. The minimum atomic E-state index is -0.548. The molecule has 118 valence electrons. The highest BCUT2D eigenvalue weighted by Crippen LogP contribution is 2.41. The highest BCUT2D eigenvalue weighted by Gasteiger charge is 2.47. The zero-order valence-electron chi connectivity index (χ0n) is 12.7. The van der Waals surface area contributed by atoms with Gasteiger partial charge < -0.3 is 9.84 Å². The molecule has 6 heteroatoms. The van der Waals surface area contributed by atoms with Gasteiger partial charge >= 0.3 is 0 Å². The number of rotatable bonds is 2. The Labute approximate surface area is 133 Å². The van der Waals surface area contributed by atoms with Crippen LogP contribution < -0.4 is 5.32 Å². The van der Waals surface area contributed by atoms with E-state index in [4.69, 9.17) is 16.1 Å².